The van der Waals surface area contributed by atoms with Gasteiger partial charge in [0.2, 0.25) is 0 Å². The highest BCUT2D eigenvalue weighted by Crippen LogP contribution is 2.24. The standard InChI is InChI=1S/C12H17BrN2S/c1-9-7-15(4-5-16-9)8-10-2-3-11(14)6-12(10)13/h2-3,6,9H,4-5,7-8,14H2,1H3. The molecule has 0 spiro atoms. The van der Waals surface area contributed by atoms with E-state index in [-0.39, 0.29) is 0 Å². The fourth-order valence-corrected chi connectivity index (χ4v) is 3.57. The highest BCUT2D eigenvalue weighted by molar-refractivity contribution is 9.10. The number of anilines is 1. The molecule has 2 rings (SSSR count). The lowest BCUT2D eigenvalue weighted by atomic mass is 10.2. The quantitative estimate of drug-likeness (QED) is 0.852. The van der Waals surface area contributed by atoms with Crippen molar-refractivity contribution in [2.24, 2.45) is 0 Å². The zero-order valence-corrected chi connectivity index (χ0v) is 11.9. The lowest BCUT2D eigenvalue weighted by molar-refractivity contribution is 0.278. The van der Waals surface area contributed by atoms with E-state index in [1.54, 1.807) is 0 Å². The zero-order valence-electron chi connectivity index (χ0n) is 9.45. The summed E-state index contributed by atoms with van der Waals surface area (Å²) in [6, 6.07) is 6.07. The number of halogens is 1. The van der Waals surface area contributed by atoms with Crippen LogP contribution in [0.5, 0.6) is 0 Å². The zero-order chi connectivity index (χ0) is 11.5. The lowest BCUT2D eigenvalue weighted by Crippen LogP contribution is -2.36. The van der Waals surface area contributed by atoms with Gasteiger partial charge >= 0.3 is 0 Å². The number of hydrogen-bond donors (Lipinski definition) is 1. The maximum Gasteiger partial charge on any atom is 0.0325 e. The molecule has 1 heterocycles. The van der Waals surface area contributed by atoms with Crippen molar-refractivity contribution in [2.75, 3.05) is 24.6 Å². The summed E-state index contributed by atoms with van der Waals surface area (Å²) < 4.78 is 1.12. The van der Waals surface area contributed by atoms with Gasteiger partial charge in [-0.05, 0) is 17.7 Å². The Morgan fingerprint density at radius 1 is 1.56 bits per heavy atom. The molecule has 1 saturated heterocycles. The molecule has 0 amide bonds. The average Bonchev–Trinajstić information content (AvgIpc) is 2.22. The van der Waals surface area contributed by atoms with Crippen LogP contribution in [0.2, 0.25) is 0 Å². The van der Waals surface area contributed by atoms with Crippen molar-refractivity contribution in [3.05, 3.63) is 28.2 Å². The van der Waals surface area contributed by atoms with Crippen molar-refractivity contribution in [2.45, 2.75) is 18.7 Å². The van der Waals surface area contributed by atoms with Crippen LogP contribution in [0.1, 0.15) is 12.5 Å². The smallest absolute Gasteiger partial charge is 0.0325 e. The molecule has 0 radical (unpaired) electrons. The largest absolute Gasteiger partial charge is 0.399 e. The summed E-state index contributed by atoms with van der Waals surface area (Å²) in [5, 5.41) is 0.751. The number of benzene rings is 1. The van der Waals surface area contributed by atoms with Crippen molar-refractivity contribution < 1.29 is 0 Å². The van der Waals surface area contributed by atoms with Crippen LogP contribution >= 0.6 is 27.7 Å². The predicted octanol–water partition coefficient (Wildman–Crippen LogP) is 2.97. The summed E-state index contributed by atoms with van der Waals surface area (Å²) >= 11 is 5.64. The first-order chi connectivity index (χ1) is 7.65. The molecule has 0 saturated carbocycles. The molecule has 1 aliphatic heterocycles. The van der Waals surface area contributed by atoms with E-state index in [9.17, 15) is 0 Å². The Bertz CT molecular complexity index is 370. The molecule has 1 aliphatic rings. The Morgan fingerprint density at radius 3 is 3.06 bits per heavy atom. The van der Waals surface area contributed by atoms with Crippen molar-refractivity contribution in [3.8, 4) is 0 Å². The van der Waals surface area contributed by atoms with Gasteiger partial charge in [-0.25, -0.2) is 0 Å². The van der Waals surface area contributed by atoms with Crippen molar-refractivity contribution in [1.29, 1.82) is 0 Å². The highest BCUT2D eigenvalue weighted by atomic mass is 79.9. The van der Waals surface area contributed by atoms with Gasteiger partial charge in [0.25, 0.3) is 0 Å². The molecule has 4 heteroatoms. The number of thioether (sulfide) groups is 1. The normalized spacial score (nSPS) is 22.2. The van der Waals surface area contributed by atoms with Crippen LogP contribution < -0.4 is 5.73 Å². The van der Waals surface area contributed by atoms with Gasteiger partial charge in [0.05, 0.1) is 0 Å². The van der Waals surface area contributed by atoms with E-state index in [0.29, 0.717) is 0 Å². The van der Waals surface area contributed by atoms with Crippen LogP contribution in [0, 0.1) is 0 Å². The fourth-order valence-electron chi connectivity index (χ4n) is 1.97. The molecule has 0 bridgehead atoms. The van der Waals surface area contributed by atoms with Gasteiger partial charge in [0.1, 0.15) is 0 Å². The first-order valence-corrected chi connectivity index (χ1v) is 7.37. The van der Waals surface area contributed by atoms with Crippen LogP contribution in [0.15, 0.2) is 22.7 Å². The van der Waals surface area contributed by atoms with Crippen LogP contribution in [0.4, 0.5) is 5.69 Å². The lowest BCUT2D eigenvalue weighted by Gasteiger charge is -2.30. The second kappa shape index (κ2) is 5.43. The number of nitrogens with two attached hydrogens (primary N) is 1. The van der Waals surface area contributed by atoms with Gasteiger partial charge in [0.15, 0.2) is 0 Å². The number of rotatable bonds is 2. The summed E-state index contributed by atoms with van der Waals surface area (Å²) in [6.45, 7) is 5.69. The second-order valence-corrected chi connectivity index (χ2v) is 6.67. The van der Waals surface area contributed by atoms with Gasteiger partial charge in [-0.1, -0.05) is 28.9 Å². The molecule has 1 aromatic rings. The van der Waals surface area contributed by atoms with Gasteiger partial charge in [-0.15, -0.1) is 0 Å². The minimum Gasteiger partial charge on any atom is -0.399 e. The summed E-state index contributed by atoms with van der Waals surface area (Å²) in [6.07, 6.45) is 0. The Hall–Kier alpha value is -0.190. The minimum atomic E-state index is 0.751. The molecule has 2 nitrogen and oxygen atoms in total. The van der Waals surface area contributed by atoms with Gasteiger partial charge in [0, 0.05) is 40.8 Å². The summed E-state index contributed by atoms with van der Waals surface area (Å²) in [5.74, 6) is 1.24. The molecular weight excluding hydrogens is 284 g/mol. The van der Waals surface area contributed by atoms with E-state index in [1.165, 1.54) is 24.4 Å². The Labute approximate surface area is 110 Å². The molecule has 1 atom stereocenters. The molecular formula is C12H17BrN2S. The maximum atomic E-state index is 5.74. The van der Waals surface area contributed by atoms with Gasteiger partial charge in [-0.2, -0.15) is 11.8 Å². The molecule has 1 aromatic carbocycles. The van der Waals surface area contributed by atoms with E-state index >= 15 is 0 Å². The minimum absolute atomic E-state index is 0.751. The first kappa shape index (κ1) is 12.3. The van der Waals surface area contributed by atoms with Crippen LogP contribution in [-0.4, -0.2) is 29.0 Å². The van der Waals surface area contributed by atoms with E-state index in [1.807, 2.05) is 12.1 Å². The Kier molecular flexibility index (Phi) is 4.16. The van der Waals surface area contributed by atoms with Crippen LogP contribution in [0.3, 0.4) is 0 Å². The molecule has 1 unspecified atom stereocenters. The van der Waals surface area contributed by atoms with Crippen LogP contribution in [0.25, 0.3) is 0 Å². The van der Waals surface area contributed by atoms with E-state index in [4.69, 9.17) is 5.73 Å². The third-order valence-corrected chi connectivity index (χ3v) is 4.67. The SMILES string of the molecule is CC1CN(Cc2ccc(N)cc2Br)CCS1. The molecule has 0 aromatic heterocycles. The summed E-state index contributed by atoms with van der Waals surface area (Å²) in [5.41, 5.74) is 7.88. The third-order valence-electron chi connectivity index (χ3n) is 2.80. The first-order valence-electron chi connectivity index (χ1n) is 5.53. The van der Waals surface area contributed by atoms with Crippen molar-refractivity contribution in [1.82, 2.24) is 4.90 Å². The van der Waals surface area contributed by atoms with E-state index in [0.717, 1.165) is 22.0 Å². The molecule has 1 fully saturated rings. The van der Waals surface area contributed by atoms with Crippen molar-refractivity contribution >= 4 is 33.4 Å². The Morgan fingerprint density at radius 2 is 2.38 bits per heavy atom. The summed E-state index contributed by atoms with van der Waals surface area (Å²) in [4.78, 5) is 2.51. The second-order valence-electron chi connectivity index (χ2n) is 4.27. The highest BCUT2D eigenvalue weighted by Gasteiger charge is 2.17. The topological polar surface area (TPSA) is 29.3 Å². The van der Waals surface area contributed by atoms with Gasteiger partial charge < -0.3 is 5.73 Å². The molecule has 16 heavy (non-hydrogen) atoms. The monoisotopic (exact) mass is 300 g/mol. The van der Waals surface area contributed by atoms with E-state index in [2.05, 4.69) is 45.6 Å². The van der Waals surface area contributed by atoms with Gasteiger partial charge in [-0.3, -0.25) is 4.90 Å². The Balaban J connectivity index is 2.02. The molecule has 2 N–H and O–H groups in total. The average molecular weight is 301 g/mol. The third kappa shape index (κ3) is 3.15. The number of nitrogen functional groups attached to an aromatic ring is 1. The predicted molar refractivity (Wildman–Crippen MR) is 75.8 cm³/mol. The van der Waals surface area contributed by atoms with E-state index < -0.39 is 0 Å². The summed E-state index contributed by atoms with van der Waals surface area (Å²) in [7, 11) is 0. The maximum absolute atomic E-state index is 5.74. The number of nitrogens with zero attached hydrogens (tertiary/aromatic N) is 1. The fraction of sp³-hybridized carbons (Fsp3) is 0.500. The molecule has 88 valence electrons. The van der Waals surface area contributed by atoms with Crippen LogP contribution in [-0.2, 0) is 6.54 Å². The molecule has 0 aliphatic carbocycles. The van der Waals surface area contributed by atoms with Crippen molar-refractivity contribution in [3.63, 3.8) is 0 Å². The number of hydrogen-bond acceptors (Lipinski definition) is 3.